The molecule has 0 aliphatic heterocycles. The van der Waals surface area contributed by atoms with Gasteiger partial charge in [-0.1, -0.05) is 44.5 Å². The molecule has 0 spiro atoms. The lowest BCUT2D eigenvalue weighted by Crippen LogP contribution is -2.45. The summed E-state index contributed by atoms with van der Waals surface area (Å²) in [5.74, 6) is 2.39. The number of benzene rings is 1. The summed E-state index contributed by atoms with van der Waals surface area (Å²) in [4.78, 5) is 0. The normalized spacial score (nSPS) is 39.6. The molecular formula is C17H25N. The Kier molecular flexibility index (Phi) is 2.97. The zero-order valence-corrected chi connectivity index (χ0v) is 11.7. The smallest absolute Gasteiger partial charge is 0.0444 e. The van der Waals surface area contributed by atoms with E-state index in [0.29, 0.717) is 5.92 Å². The van der Waals surface area contributed by atoms with Crippen LogP contribution < -0.4 is 5.73 Å². The minimum atomic E-state index is -0.0367. The van der Waals surface area contributed by atoms with Gasteiger partial charge in [0.2, 0.25) is 0 Å². The van der Waals surface area contributed by atoms with Crippen LogP contribution in [0, 0.1) is 17.8 Å². The second kappa shape index (κ2) is 4.38. The number of rotatable bonds is 1. The third-order valence-electron chi connectivity index (χ3n) is 5.65. The first kappa shape index (κ1) is 12.2. The molecule has 0 amide bonds. The van der Waals surface area contributed by atoms with E-state index in [-0.39, 0.29) is 5.54 Å². The summed E-state index contributed by atoms with van der Waals surface area (Å²) >= 11 is 0. The number of aryl methyl sites for hydroxylation is 1. The molecule has 0 heterocycles. The summed E-state index contributed by atoms with van der Waals surface area (Å²) < 4.78 is 0. The van der Waals surface area contributed by atoms with E-state index in [1.807, 2.05) is 0 Å². The SMILES string of the molecule is CC1CCC(C2(N)CCc3ccccc32)CC1C. The predicted octanol–water partition coefficient (Wildman–Crippen LogP) is 3.86. The van der Waals surface area contributed by atoms with Crippen molar-refractivity contribution >= 4 is 0 Å². The van der Waals surface area contributed by atoms with E-state index >= 15 is 0 Å². The molecule has 18 heavy (non-hydrogen) atoms. The first-order chi connectivity index (χ1) is 8.61. The van der Waals surface area contributed by atoms with Crippen LogP contribution in [-0.2, 0) is 12.0 Å². The molecule has 0 aromatic heterocycles. The van der Waals surface area contributed by atoms with Crippen LogP contribution in [0.25, 0.3) is 0 Å². The molecule has 98 valence electrons. The van der Waals surface area contributed by atoms with E-state index < -0.39 is 0 Å². The maximum Gasteiger partial charge on any atom is 0.0444 e. The molecule has 4 atom stereocenters. The summed E-state index contributed by atoms with van der Waals surface area (Å²) in [6.07, 6.45) is 6.31. The minimum absolute atomic E-state index is 0.0367. The lowest BCUT2D eigenvalue weighted by atomic mass is 9.66. The number of nitrogens with two attached hydrogens (primary N) is 1. The van der Waals surface area contributed by atoms with Crippen molar-refractivity contribution in [2.45, 2.75) is 51.5 Å². The predicted molar refractivity (Wildman–Crippen MR) is 76.3 cm³/mol. The Balaban J connectivity index is 1.88. The van der Waals surface area contributed by atoms with Crippen molar-refractivity contribution in [2.24, 2.45) is 23.5 Å². The van der Waals surface area contributed by atoms with E-state index in [9.17, 15) is 0 Å². The molecule has 1 fully saturated rings. The Morgan fingerprint density at radius 1 is 1.11 bits per heavy atom. The monoisotopic (exact) mass is 243 g/mol. The lowest BCUT2D eigenvalue weighted by Gasteiger charge is -2.42. The van der Waals surface area contributed by atoms with Gasteiger partial charge in [0.1, 0.15) is 0 Å². The van der Waals surface area contributed by atoms with Crippen LogP contribution in [-0.4, -0.2) is 0 Å². The van der Waals surface area contributed by atoms with Gasteiger partial charge in [-0.15, -0.1) is 0 Å². The van der Waals surface area contributed by atoms with Crippen molar-refractivity contribution in [3.8, 4) is 0 Å². The first-order valence-corrected chi connectivity index (χ1v) is 7.48. The highest BCUT2D eigenvalue weighted by Gasteiger charge is 2.43. The number of hydrogen-bond acceptors (Lipinski definition) is 1. The van der Waals surface area contributed by atoms with Crippen LogP contribution in [0.15, 0.2) is 24.3 Å². The fraction of sp³-hybridized carbons (Fsp3) is 0.647. The van der Waals surface area contributed by atoms with Gasteiger partial charge in [0.15, 0.2) is 0 Å². The fourth-order valence-corrected chi connectivity index (χ4v) is 4.11. The molecule has 1 aromatic rings. The van der Waals surface area contributed by atoms with Gasteiger partial charge in [-0.25, -0.2) is 0 Å². The quantitative estimate of drug-likeness (QED) is 0.796. The third kappa shape index (κ3) is 1.80. The van der Waals surface area contributed by atoms with Gasteiger partial charge in [0, 0.05) is 5.54 Å². The molecule has 2 aliphatic carbocycles. The zero-order valence-electron chi connectivity index (χ0n) is 11.7. The van der Waals surface area contributed by atoms with Crippen molar-refractivity contribution in [1.82, 2.24) is 0 Å². The molecule has 4 unspecified atom stereocenters. The molecule has 1 aromatic carbocycles. The number of hydrogen-bond donors (Lipinski definition) is 1. The van der Waals surface area contributed by atoms with Gasteiger partial charge in [-0.05, 0) is 54.6 Å². The van der Waals surface area contributed by atoms with Crippen molar-refractivity contribution in [3.63, 3.8) is 0 Å². The van der Waals surface area contributed by atoms with Crippen LogP contribution in [0.2, 0.25) is 0 Å². The van der Waals surface area contributed by atoms with Crippen LogP contribution in [0.3, 0.4) is 0 Å². The second-order valence-corrected chi connectivity index (χ2v) is 6.66. The van der Waals surface area contributed by atoms with E-state index in [1.54, 1.807) is 0 Å². The summed E-state index contributed by atoms with van der Waals surface area (Å²) in [7, 11) is 0. The van der Waals surface area contributed by atoms with Crippen molar-refractivity contribution in [3.05, 3.63) is 35.4 Å². The van der Waals surface area contributed by atoms with Crippen molar-refractivity contribution in [1.29, 1.82) is 0 Å². The largest absolute Gasteiger partial charge is 0.321 e. The Labute approximate surface area is 111 Å². The molecule has 2 N–H and O–H groups in total. The lowest BCUT2D eigenvalue weighted by molar-refractivity contribution is 0.132. The minimum Gasteiger partial charge on any atom is -0.321 e. The maximum atomic E-state index is 6.85. The highest BCUT2D eigenvalue weighted by Crippen LogP contribution is 2.47. The average molecular weight is 243 g/mol. The Hall–Kier alpha value is -0.820. The van der Waals surface area contributed by atoms with Gasteiger partial charge < -0.3 is 5.73 Å². The molecular weight excluding hydrogens is 218 g/mol. The molecule has 2 aliphatic rings. The van der Waals surface area contributed by atoms with E-state index in [4.69, 9.17) is 5.73 Å². The first-order valence-electron chi connectivity index (χ1n) is 7.48. The molecule has 0 radical (unpaired) electrons. The summed E-state index contributed by atoms with van der Waals surface area (Å²) in [5, 5.41) is 0. The summed E-state index contributed by atoms with van der Waals surface area (Å²) in [5.41, 5.74) is 9.75. The van der Waals surface area contributed by atoms with Crippen LogP contribution in [0.1, 0.15) is 50.7 Å². The van der Waals surface area contributed by atoms with Gasteiger partial charge in [0.25, 0.3) is 0 Å². The Morgan fingerprint density at radius 3 is 2.67 bits per heavy atom. The topological polar surface area (TPSA) is 26.0 Å². The van der Waals surface area contributed by atoms with E-state index in [2.05, 4.69) is 38.1 Å². The Bertz CT molecular complexity index is 439. The summed E-state index contributed by atoms with van der Waals surface area (Å²) in [6, 6.07) is 8.83. The zero-order chi connectivity index (χ0) is 12.8. The molecule has 0 saturated heterocycles. The molecule has 0 bridgehead atoms. The van der Waals surface area contributed by atoms with Crippen LogP contribution >= 0.6 is 0 Å². The summed E-state index contributed by atoms with van der Waals surface area (Å²) in [6.45, 7) is 4.80. The standard InChI is InChI=1S/C17H25N/c1-12-7-8-15(11-13(12)2)17(18)10-9-14-5-3-4-6-16(14)17/h3-6,12-13,15H,7-11,18H2,1-2H3. The van der Waals surface area contributed by atoms with Crippen molar-refractivity contribution in [2.75, 3.05) is 0 Å². The van der Waals surface area contributed by atoms with Gasteiger partial charge in [-0.2, -0.15) is 0 Å². The molecule has 3 rings (SSSR count). The van der Waals surface area contributed by atoms with Gasteiger partial charge >= 0.3 is 0 Å². The molecule has 1 saturated carbocycles. The maximum absolute atomic E-state index is 6.85. The molecule has 1 heteroatoms. The van der Waals surface area contributed by atoms with Gasteiger partial charge in [0.05, 0.1) is 0 Å². The average Bonchev–Trinajstić information content (AvgIpc) is 2.73. The third-order valence-corrected chi connectivity index (χ3v) is 5.65. The van der Waals surface area contributed by atoms with Gasteiger partial charge in [-0.3, -0.25) is 0 Å². The van der Waals surface area contributed by atoms with E-state index in [0.717, 1.165) is 18.3 Å². The van der Waals surface area contributed by atoms with E-state index in [1.165, 1.54) is 36.8 Å². The van der Waals surface area contributed by atoms with Crippen LogP contribution in [0.5, 0.6) is 0 Å². The molecule has 1 nitrogen and oxygen atoms in total. The van der Waals surface area contributed by atoms with Crippen molar-refractivity contribution < 1.29 is 0 Å². The van der Waals surface area contributed by atoms with Crippen LogP contribution in [0.4, 0.5) is 0 Å². The Morgan fingerprint density at radius 2 is 1.89 bits per heavy atom. The highest BCUT2D eigenvalue weighted by molar-refractivity contribution is 5.39. The second-order valence-electron chi connectivity index (χ2n) is 6.66. The fourth-order valence-electron chi connectivity index (χ4n) is 4.11. The highest BCUT2D eigenvalue weighted by atomic mass is 14.8. The number of fused-ring (bicyclic) bond motifs is 1.